The average Bonchev–Trinajstić information content (AvgIpc) is 3.15. The van der Waals surface area contributed by atoms with Gasteiger partial charge in [0.25, 0.3) is 0 Å². The zero-order valence-electron chi connectivity index (χ0n) is 17.2. The van der Waals surface area contributed by atoms with Gasteiger partial charge in [-0.05, 0) is 36.3 Å². The van der Waals surface area contributed by atoms with Crippen LogP contribution in [0.2, 0.25) is 0 Å². The normalized spacial score (nSPS) is 21.1. The van der Waals surface area contributed by atoms with E-state index in [4.69, 9.17) is 16.2 Å². The Morgan fingerprint density at radius 2 is 2.26 bits per heavy atom. The number of aromatic hydroxyl groups is 1. The van der Waals surface area contributed by atoms with Gasteiger partial charge in [-0.25, -0.2) is 9.37 Å². The van der Waals surface area contributed by atoms with E-state index in [0.29, 0.717) is 30.5 Å². The van der Waals surface area contributed by atoms with Crippen LogP contribution in [0.4, 0.5) is 4.39 Å². The van der Waals surface area contributed by atoms with Crippen LogP contribution in [0.25, 0.3) is 5.70 Å². The number of rotatable bonds is 5. The number of fused-ring (bicyclic) bond motifs is 1. The van der Waals surface area contributed by atoms with Crippen LogP contribution in [0.1, 0.15) is 23.1 Å². The second-order valence-electron chi connectivity index (χ2n) is 7.80. The third-order valence-electron chi connectivity index (χ3n) is 5.73. The van der Waals surface area contributed by atoms with Crippen LogP contribution >= 0.6 is 0 Å². The number of nitrogens with one attached hydrogen (secondary N) is 1. The monoisotopic (exact) mass is 427 g/mol. The topological polar surface area (TPSA) is 130 Å². The van der Waals surface area contributed by atoms with Crippen molar-refractivity contribution in [2.24, 2.45) is 11.5 Å². The quantitative estimate of drug-likeness (QED) is 0.483. The molecule has 2 unspecified atom stereocenters. The largest absolute Gasteiger partial charge is 0.504 e. The molecule has 2 aromatic rings. The summed E-state index contributed by atoms with van der Waals surface area (Å²) in [6, 6.07) is 6.16. The number of para-hydroxylation sites is 1. The molecule has 0 saturated carbocycles. The van der Waals surface area contributed by atoms with Gasteiger partial charge >= 0.3 is 0 Å². The van der Waals surface area contributed by atoms with Crippen LogP contribution in [0.5, 0.6) is 11.6 Å². The van der Waals surface area contributed by atoms with Crippen LogP contribution in [-0.2, 0) is 6.61 Å². The first-order chi connectivity index (χ1) is 14.9. The summed E-state index contributed by atoms with van der Waals surface area (Å²) < 4.78 is 19.8. The molecule has 1 fully saturated rings. The van der Waals surface area contributed by atoms with Crippen molar-refractivity contribution in [2.75, 3.05) is 13.1 Å². The molecule has 0 radical (unpaired) electrons. The van der Waals surface area contributed by atoms with Crippen LogP contribution in [0.3, 0.4) is 0 Å². The van der Waals surface area contributed by atoms with E-state index in [0.717, 1.165) is 17.5 Å². The van der Waals surface area contributed by atoms with E-state index in [1.165, 1.54) is 12.1 Å². The summed E-state index contributed by atoms with van der Waals surface area (Å²) >= 11 is 0. The zero-order valence-corrected chi connectivity index (χ0v) is 17.2. The molecule has 31 heavy (non-hydrogen) atoms. The predicted octanol–water partition coefficient (Wildman–Crippen LogP) is 1.28. The van der Waals surface area contributed by atoms with Crippen molar-refractivity contribution in [3.05, 3.63) is 70.6 Å². The Bertz CT molecular complexity index is 1060. The summed E-state index contributed by atoms with van der Waals surface area (Å²) in [5.74, 6) is -0.269. The van der Waals surface area contributed by atoms with Crippen molar-refractivity contribution in [3.63, 3.8) is 0 Å². The van der Waals surface area contributed by atoms with E-state index in [1.54, 1.807) is 18.3 Å². The minimum Gasteiger partial charge on any atom is -0.504 e. The van der Waals surface area contributed by atoms with Crippen molar-refractivity contribution in [3.8, 4) is 11.6 Å². The highest BCUT2D eigenvalue weighted by atomic mass is 19.1. The number of nitrogens with two attached hydrogens (primary N) is 2. The van der Waals surface area contributed by atoms with Crippen LogP contribution in [0, 0.1) is 12.7 Å². The number of nitrogens with zero attached hydrogens (tertiary/aromatic N) is 2. The fourth-order valence-corrected chi connectivity index (χ4v) is 4.01. The van der Waals surface area contributed by atoms with E-state index in [2.05, 4.69) is 15.2 Å². The van der Waals surface area contributed by atoms with Crippen molar-refractivity contribution in [1.82, 2.24) is 15.2 Å². The molecule has 1 saturated heterocycles. The predicted molar refractivity (Wildman–Crippen MR) is 114 cm³/mol. The highest BCUT2D eigenvalue weighted by Crippen LogP contribution is 2.32. The number of aromatic nitrogens is 1. The lowest BCUT2D eigenvalue weighted by atomic mass is 10.1. The van der Waals surface area contributed by atoms with Gasteiger partial charge < -0.3 is 36.6 Å². The number of ether oxygens (including phenoxy) is 1. The molecule has 0 spiro atoms. The number of phenolic OH excluding ortho intramolecular Hbond substituents is 1. The first-order valence-corrected chi connectivity index (χ1v) is 10.1. The highest BCUT2D eigenvalue weighted by Gasteiger charge is 2.37. The molecule has 0 aliphatic carbocycles. The number of aliphatic hydroxyl groups excluding tert-OH is 1. The van der Waals surface area contributed by atoms with E-state index in [9.17, 15) is 14.6 Å². The number of hydrogen-bond donors (Lipinski definition) is 5. The maximum Gasteiger partial charge on any atom is 0.213 e. The molecule has 9 heteroatoms. The van der Waals surface area contributed by atoms with Crippen molar-refractivity contribution < 1.29 is 19.3 Å². The zero-order chi connectivity index (χ0) is 22.1. The SMILES string of the molecule is Cc1cc(OC2CC3CNC(N)=C(/C=C(\N)c4cccc(F)c4O)N3C2)ncc1CO. The van der Waals surface area contributed by atoms with Crippen molar-refractivity contribution in [2.45, 2.75) is 32.1 Å². The Labute approximate surface area is 179 Å². The van der Waals surface area contributed by atoms with Gasteiger partial charge in [-0.2, -0.15) is 0 Å². The molecule has 2 aliphatic rings. The van der Waals surface area contributed by atoms with Gasteiger partial charge in [-0.15, -0.1) is 0 Å². The van der Waals surface area contributed by atoms with Gasteiger partial charge in [0.1, 0.15) is 11.9 Å². The van der Waals surface area contributed by atoms with Gasteiger partial charge in [-0.1, -0.05) is 6.07 Å². The number of pyridine rings is 1. The molecule has 2 aliphatic heterocycles. The van der Waals surface area contributed by atoms with Gasteiger partial charge in [0.05, 0.1) is 24.9 Å². The van der Waals surface area contributed by atoms with E-state index in [1.807, 2.05) is 13.0 Å². The number of aliphatic hydroxyl groups is 1. The van der Waals surface area contributed by atoms with Crippen LogP contribution < -0.4 is 21.5 Å². The number of hydrogen-bond acceptors (Lipinski definition) is 8. The molecule has 1 aromatic heterocycles. The summed E-state index contributed by atoms with van der Waals surface area (Å²) in [6.45, 7) is 3.07. The van der Waals surface area contributed by atoms with Gasteiger partial charge in [-0.3, -0.25) is 0 Å². The highest BCUT2D eigenvalue weighted by molar-refractivity contribution is 5.70. The number of halogens is 1. The Hall–Kier alpha value is -3.46. The number of benzene rings is 1. The van der Waals surface area contributed by atoms with Gasteiger partial charge in [0.2, 0.25) is 5.88 Å². The Morgan fingerprint density at radius 1 is 1.45 bits per heavy atom. The average molecular weight is 427 g/mol. The molecule has 0 bridgehead atoms. The fraction of sp³-hybridized carbons (Fsp3) is 0.318. The van der Waals surface area contributed by atoms with Gasteiger partial charge in [0, 0.05) is 36.5 Å². The Kier molecular flexibility index (Phi) is 5.60. The summed E-state index contributed by atoms with van der Waals surface area (Å²) in [7, 11) is 0. The molecular formula is C22H26FN5O3. The van der Waals surface area contributed by atoms with Gasteiger partial charge in [0.15, 0.2) is 11.6 Å². The molecule has 8 nitrogen and oxygen atoms in total. The molecule has 164 valence electrons. The Morgan fingerprint density at radius 3 is 3.00 bits per heavy atom. The summed E-state index contributed by atoms with van der Waals surface area (Å²) in [6.07, 6.45) is 3.90. The number of aryl methyl sites for hydroxylation is 1. The van der Waals surface area contributed by atoms with Crippen molar-refractivity contribution in [1.29, 1.82) is 0 Å². The Balaban J connectivity index is 1.54. The fourth-order valence-electron chi connectivity index (χ4n) is 4.01. The third-order valence-corrected chi connectivity index (χ3v) is 5.73. The van der Waals surface area contributed by atoms with E-state index in [-0.39, 0.29) is 30.0 Å². The molecule has 3 heterocycles. The smallest absolute Gasteiger partial charge is 0.213 e. The lowest BCUT2D eigenvalue weighted by Crippen LogP contribution is -2.45. The molecule has 2 atom stereocenters. The summed E-state index contributed by atoms with van der Waals surface area (Å²) in [5, 5.41) is 22.5. The van der Waals surface area contributed by atoms with Crippen LogP contribution in [-0.4, -0.2) is 45.3 Å². The van der Waals surface area contributed by atoms with E-state index >= 15 is 0 Å². The second kappa shape index (κ2) is 8.35. The second-order valence-corrected chi connectivity index (χ2v) is 7.80. The van der Waals surface area contributed by atoms with E-state index < -0.39 is 11.6 Å². The maximum atomic E-state index is 13.7. The molecule has 7 N–H and O–H groups in total. The summed E-state index contributed by atoms with van der Waals surface area (Å²) in [4.78, 5) is 6.39. The first kappa shape index (κ1) is 20.8. The third kappa shape index (κ3) is 4.09. The minimum atomic E-state index is -0.736. The molecular weight excluding hydrogens is 401 g/mol. The lowest BCUT2D eigenvalue weighted by Gasteiger charge is -2.34. The van der Waals surface area contributed by atoms with Crippen molar-refractivity contribution >= 4 is 5.70 Å². The van der Waals surface area contributed by atoms with Crippen LogP contribution in [0.15, 0.2) is 48.1 Å². The molecule has 4 rings (SSSR count). The standard InChI is InChI=1S/C22H26FN5O3/c1-12-5-20(26-8-13(12)11-29)31-15-6-14-9-27-22(25)19(28(14)10-15)7-18(24)16-3-2-4-17(23)21(16)30/h2-5,7-8,14-15,27,29-30H,6,9-11,24-25H2,1H3/b18-7-. The summed E-state index contributed by atoms with van der Waals surface area (Å²) in [5.41, 5.74) is 15.1. The number of phenols is 1. The maximum absolute atomic E-state index is 13.7. The molecule has 1 aromatic carbocycles. The molecule has 0 amide bonds. The number of allylic oxidation sites excluding steroid dienone is 1. The first-order valence-electron chi connectivity index (χ1n) is 10.1. The lowest BCUT2D eigenvalue weighted by molar-refractivity contribution is 0.201. The minimum absolute atomic E-state index is 0.0634.